The van der Waals surface area contributed by atoms with Gasteiger partial charge in [0, 0.05) is 5.56 Å². The third kappa shape index (κ3) is 4.33. The SMILES string of the molecule is CCc1ccc(N2C(=O)/C(=C\c3ccc(-c4ccc(C)c(C(=O)O)c4)o3)C(=O)NC2=S)cc1. The Labute approximate surface area is 195 Å². The summed E-state index contributed by atoms with van der Waals surface area (Å²) in [5, 5.41) is 11.9. The van der Waals surface area contributed by atoms with Gasteiger partial charge in [0.15, 0.2) is 5.11 Å². The predicted octanol–water partition coefficient (Wildman–Crippen LogP) is 4.35. The van der Waals surface area contributed by atoms with Gasteiger partial charge in [0.2, 0.25) is 0 Å². The number of amides is 2. The molecule has 2 amide bonds. The molecule has 1 fully saturated rings. The molecule has 0 aliphatic carbocycles. The van der Waals surface area contributed by atoms with Gasteiger partial charge in [-0.25, -0.2) is 4.79 Å². The summed E-state index contributed by atoms with van der Waals surface area (Å²) in [6.45, 7) is 3.74. The number of rotatable bonds is 5. The lowest BCUT2D eigenvalue weighted by Crippen LogP contribution is -2.54. The maximum absolute atomic E-state index is 13.1. The van der Waals surface area contributed by atoms with E-state index in [0.717, 1.165) is 12.0 Å². The van der Waals surface area contributed by atoms with E-state index < -0.39 is 17.8 Å². The smallest absolute Gasteiger partial charge is 0.335 e. The summed E-state index contributed by atoms with van der Waals surface area (Å²) in [4.78, 5) is 38.3. The molecule has 8 heteroatoms. The standard InChI is InChI=1S/C25H20N2O5S/c1-3-15-5-8-17(9-6-15)27-23(29)20(22(28)26-25(27)33)13-18-10-11-21(32-18)16-7-4-14(2)19(12-16)24(30)31/h4-13H,3H2,1-2H3,(H,30,31)(H,26,28,33)/b20-13-. The molecule has 2 N–H and O–H groups in total. The molecule has 3 aromatic rings. The number of carboxylic acids is 1. The predicted molar refractivity (Wildman–Crippen MR) is 128 cm³/mol. The van der Waals surface area contributed by atoms with Crippen molar-refractivity contribution in [2.45, 2.75) is 20.3 Å². The van der Waals surface area contributed by atoms with Crippen LogP contribution in [0, 0.1) is 6.92 Å². The van der Waals surface area contributed by atoms with E-state index in [1.165, 1.54) is 17.0 Å². The molecule has 0 radical (unpaired) electrons. The number of aromatic carboxylic acids is 1. The number of hydrogen-bond acceptors (Lipinski definition) is 5. The lowest BCUT2D eigenvalue weighted by atomic mass is 10.0. The molecule has 0 atom stereocenters. The van der Waals surface area contributed by atoms with Gasteiger partial charge >= 0.3 is 5.97 Å². The van der Waals surface area contributed by atoms with Crippen LogP contribution in [0.3, 0.4) is 0 Å². The fourth-order valence-electron chi connectivity index (χ4n) is 3.51. The highest BCUT2D eigenvalue weighted by Gasteiger charge is 2.34. The molecule has 1 saturated heterocycles. The van der Waals surface area contributed by atoms with Gasteiger partial charge in [-0.2, -0.15) is 0 Å². The van der Waals surface area contributed by atoms with Gasteiger partial charge in [-0.3, -0.25) is 19.8 Å². The fourth-order valence-corrected chi connectivity index (χ4v) is 3.79. The van der Waals surface area contributed by atoms with Gasteiger partial charge in [-0.15, -0.1) is 0 Å². The van der Waals surface area contributed by atoms with Gasteiger partial charge in [-0.1, -0.05) is 31.2 Å². The summed E-state index contributed by atoms with van der Waals surface area (Å²) in [5.74, 6) is -1.52. The minimum absolute atomic E-state index is 0.00684. The van der Waals surface area contributed by atoms with Crippen molar-refractivity contribution < 1.29 is 23.9 Å². The van der Waals surface area contributed by atoms with E-state index in [9.17, 15) is 19.5 Å². The minimum atomic E-state index is -1.03. The first-order chi connectivity index (χ1) is 15.8. The summed E-state index contributed by atoms with van der Waals surface area (Å²) in [7, 11) is 0. The Bertz CT molecular complexity index is 1320. The highest BCUT2D eigenvalue weighted by atomic mass is 32.1. The highest BCUT2D eigenvalue weighted by Crippen LogP contribution is 2.27. The van der Waals surface area contributed by atoms with Crippen LogP contribution >= 0.6 is 12.2 Å². The Balaban J connectivity index is 1.66. The van der Waals surface area contributed by atoms with Crippen molar-refractivity contribution in [3.63, 3.8) is 0 Å². The Hall–Kier alpha value is -4.04. The van der Waals surface area contributed by atoms with Crippen LogP contribution in [0.1, 0.15) is 34.2 Å². The average molecular weight is 461 g/mol. The number of nitrogens with zero attached hydrogens (tertiary/aromatic N) is 1. The van der Waals surface area contributed by atoms with E-state index in [-0.39, 0.29) is 22.0 Å². The van der Waals surface area contributed by atoms with Crippen molar-refractivity contribution >= 4 is 46.9 Å². The molecule has 1 aliphatic heterocycles. The molecule has 1 aromatic heterocycles. The zero-order valence-electron chi connectivity index (χ0n) is 17.9. The molecule has 7 nitrogen and oxygen atoms in total. The summed E-state index contributed by atoms with van der Waals surface area (Å²) in [6, 6.07) is 15.6. The second kappa shape index (κ2) is 8.84. The number of benzene rings is 2. The lowest BCUT2D eigenvalue weighted by Gasteiger charge is -2.28. The number of thiocarbonyl (C=S) groups is 1. The molecule has 4 rings (SSSR count). The summed E-state index contributed by atoms with van der Waals surface area (Å²) in [5.41, 5.74) is 2.91. The largest absolute Gasteiger partial charge is 0.478 e. The number of anilines is 1. The zero-order chi connectivity index (χ0) is 23.7. The number of nitrogens with one attached hydrogen (secondary N) is 1. The number of carbonyl (C=O) groups is 3. The Morgan fingerprint density at radius 2 is 1.85 bits per heavy atom. The number of carbonyl (C=O) groups excluding carboxylic acids is 2. The molecule has 166 valence electrons. The molecule has 2 aromatic carbocycles. The third-order valence-electron chi connectivity index (χ3n) is 5.37. The Kier molecular flexibility index (Phi) is 5.93. The van der Waals surface area contributed by atoms with Crippen LogP contribution < -0.4 is 10.2 Å². The van der Waals surface area contributed by atoms with E-state index >= 15 is 0 Å². The molecular formula is C25H20N2O5S. The first-order valence-corrected chi connectivity index (χ1v) is 10.6. The second-order valence-electron chi connectivity index (χ2n) is 7.51. The van der Waals surface area contributed by atoms with Gasteiger partial charge in [0.05, 0.1) is 11.3 Å². The van der Waals surface area contributed by atoms with Crippen LogP contribution in [0.25, 0.3) is 17.4 Å². The second-order valence-corrected chi connectivity index (χ2v) is 7.90. The number of hydrogen-bond donors (Lipinski definition) is 2. The van der Waals surface area contributed by atoms with Crippen LogP contribution in [0.4, 0.5) is 5.69 Å². The van der Waals surface area contributed by atoms with E-state index in [0.29, 0.717) is 22.6 Å². The minimum Gasteiger partial charge on any atom is -0.478 e. The lowest BCUT2D eigenvalue weighted by molar-refractivity contribution is -0.122. The summed E-state index contributed by atoms with van der Waals surface area (Å²) in [6.07, 6.45) is 2.21. The molecule has 33 heavy (non-hydrogen) atoms. The van der Waals surface area contributed by atoms with Crippen molar-refractivity contribution in [1.82, 2.24) is 5.32 Å². The normalized spacial score (nSPS) is 15.2. The van der Waals surface area contributed by atoms with Crippen LogP contribution in [0.2, 0.25) is 0 Å². The van der Waals surface area contributed by atoms with E-state index in [1.807, 2.05) is 19.1 Å². The monoisotopic (exact) mass is 460 g/mol. The van der Waals surface area contributed by atoms with Crippen LogP contribution in [0.5, 0.6) is 0 Å². The summed E-state index contributed by atoms with van der Waals surface area (Å²) < 4.78 is 5.79. The van der Waals surface area contributed by atoms with Gasteiger partial charge in [-0.05, 0) is 73.1 Å². The van der Waals surface area contributed by atoms with Gasteiger partial charge in [0.25, 0.3) is 11.8 Å². The molecule has 1 aliphatic rings. The van der Waals surface area contributed by atoms with Gasteiger partial charge in [0.1, 0.15) is 17.1 Å². The number of furan rings is 1. The van der Waals surface area contributed by atoms with Crippen molar-refractivity contribution in [2.75, 3.05) is 4.90 Å². The van der Waals surface area contributed by atoms with Crippen molar-refractivity contribution in [2.24, 2.45) is 0 Å². The number of aryl methyl sites for hydroxylation is 2. The van der Waals surface area contributed by atoms with Crippen molar-refractivity contribution in [3.8, 4) is 11.3 Å². The maximum Gasteiger partial charge on any atom is 0.335 e. The molecular weight excluding hydrogens is 440 g/mol. The maximum atomic E-state index is 13.1. The van der Waals surface area contributed by atoms with Crippen molar-refractivity contribution in [1.29, 1.82) is 0 Å². The first-order valence-electron chi connectivity index (χ1n) is 10.2. The van der Waals surface area contributed by atoms with Gasteiger partial charge < -0.3 is 9.52 Å². The van der Waals surface area contributed by atoms with E-state index in [2.05, 4.69) is 5.32 Å². The van der Waals surface area contributed by atoms with Crippen LogP contribution in [-0.4, -0.2) is 28.0 Å². The highest BCUT2D eigenvalue weighted by molar-refractivity contribution is 7.80. The molecule has 0 saturated carbocycles. The van der Waals surface area contributed by atoms with E-state index in [1.54, 1.807) is 43.3 Å². The third-order valence-corrected chi connectivity index (χ3v) is 5.65. The quantitative estimate of drug-likeness (QED) is 0.334. The first kappa shape index (κ1) is 22.2. The number of carboxylic acid groups (broad SMARTS) is 1. The summed E-state index contributed by atoms with van der Waals surface area (Å²) >= 11 is 5.23. The van der Waals surface area contributed by atoms with Crippen LogP contribution in [0.15, 0.2) is 64.6 Å². The van der Waals surface area contributed by atoms with Crippen molar-refractivity contribution in [3.05, 3.63) is 82.6 Å². The molecule has 0 unspecified atom stereocenters. The van der Waals surface area contributed by atoms with E-state index in [4.69, 9.17) is 16.6 Å². The fraction of sp³-hybridized carbons (Fsp3) is 0.120. The Morgan fingerprint density at radius 3 is 2.52 bits per heavy atom. The zero-order valence-corrected chi connectivity index (χ0v) is 18.7. The average Bonchev–Trinajstić information content (AvgIpc) is 3.26. The topological polar surface area (TPSA) is 99.8 Å². The molecule has 0 bridgehead atoms. The Morgan fingerprint density at radius 1 is 1.12 bits per heavy atom. The molecule has 0 spiro atoms. The molecule has 2 heterocycles. The van der Waals surface area contributed by atoms with Crippen LogP contribution in [-0.2, 0) is 16.0 Å².